The molecular formula is C18H20BrN. The maximum Gasteiger partial charge on any atom is 0.0403 e. The maximum absolute atomic E-state index is 3.60. The van der Waals surface area contributed by atoms with Crippen LogP contribution in [0.15, 0.2) is 34.8 Å². The highest BCUT2D eigenvalue weighted by Gasteiger charge is 2.11. The molecule has 0 amide bonds. The minimum atomic E-state index is 0.899. The van der Waals surface area contributed by atoms with Gasteiger partial charge in [-0.25, -0.2) is 0 Å². The monoisotopic (exact) mass is 329 g/mol. The highest BCUT2D eigenvalue weighted by Crippen LogP contribution is 2.27. The first-order valence-corrected chi connectivity index (χ1v) is 8.04. The topological polar surface area (TPSA) is 12.0 Å². The second kappa shape index (κ2) is 5.61. The number of rotatable bonds is 3. The van der Waals surface area contributed by atoms with E-state index in [2.05, 4.69) is 65.4 Å². The van der Waals surface area contributed by atoms with E-state index in [-0.39, 0.29) is 0 Å². The highest BCUT2D eigenvalue weighted by atomic mass is 79.9. The normalized spacial score (nSPS) is 13.3. The second-order valence-corrected chi connectivity index (χ2v) is 6.64. The van der Waals surface area contributed by atoms with Crippen LogP contribution in [0.25, 0.3) is 0 Å². The van der Waals surface area contributed by atoms with Gasteiger partial charge in [0.25, 0.3) is 0 Å². The summed E-state index contributed by atoms with van der Waals surface area (Å²) in [5, 5.41) is 3.60. The third-order valence-corrected chi connectivity index (χ3v) is 4.59. The lowest BCUT2D eigenvalue weighted by atomic mass is 10.1. The number of anilines is 1. The quantitative estimate of drug-likeness (QED) is 0.819. The molecular weight excluding hydrogens is 310 g/mol. The van der Waals surface area contributed by atoms with E-state index >= 15 is 0 Å². The molecule has 104 valence electrons. The van der Waals surface area contributed by atoms with Crippen LogP contribution in [-0.2, 0) is 19.4 Å². The van der Waals surface area contributed by atoms with Crippen molar-refractivity contribution in [3.8, 4) is 0 Å². The predicted molar refractivity (Wildman–Crippen MR) is 89.4 cm³/mol. The van der Waals surface area contributed by atoms with Crippen LogP contribution in [0, 0.1) is 13.8 Å². The van der Waals surface area contributed by atoms with Crippen molar-refractivity contribution in [1.29, 1.82) is 0 Å². The summed E-state index contributed by atoms with van der Waals surface area (Å²) in [7, 11) is 0. The number of halogens is 1. The molecule has 0 saturated carbocycles. The van der Waals surface area contributed by atoms with Crippen molar-refractivity contribution in [2.24, 2.45) is 0 Å². The Bertz CT molecular complexity index is 623. The van der Waals surface area contributed by atoms with Crippen molar-refractivity contribution in [2.75, 3.05) is 5.32 Å². The predicted octanol–water partition coefficient (Wildman–Crippen LogP) is 5.17. The molecule has 0 aliphatic heterocycles. The zero-order chi connectivity index (χ0) is 14.1. The molecule has 0 heterocycles. The number of nitrogens with one attached hydrogen (secondary N) is 1. The summed E-state index contributed by atoms with van der Waals surface area (Å²) in [6.07, 6.45) is 3.82. The fraction of sp³-hybridized carbons (Fsp3) is 0.333. The molecule has 3 rings (SSSR count). The third-order valence-electron chi connectivity index (χ3n) is 4.13. The summed E-state index contributed by atoms with van der Waals surface area (Å²) < 4.78 is 1.15. The Morgan fingerprint density at radius 1 is 1.00 bits per heavy atom. The molecule has 2 heteroatoms. The Morgan fingerprint density at radius 2 is 1.70 bits per heavy atom. The molecule has 1 N–H and O–H groups in total. The number of aryl methyl sites for hydroxylation is 4. The van der Waals surface area contributed by atoms with Crippen LogP contribution in [0.1, 0.15) is 34.2 Å². The molecule has 0 spiro atoms. The van der Waals surface area contributed by atoms with E-state index in [1.807, 2.05) is 0 Å². The first kappa shape index (κ1) is 13.7. The van der Waals surface area contributed by atoms with Gasteiger partial charge in [-0.15, -0.1) is 0 Å². The third kappa shape index (κ3) is 2.76. The average Bonchev–Trinajstić information content (AvgIpc) is 2.84. The summed E-state index contributed by atoms with van der Waals surface area (Å²) in [6, 6.07) is 11.3. The molecule has 20 heavy (non-hydrogen) atoms. The van der Waals surface area contributed by atoms with Crippen molar-refractivity contribution < 1.29 is 0 Å². The summed E-state index contributed by atoms with van der Waals surface area (Å²) in [6.45, 7) is 5.21. The molecule has 1 aliphatic rings. The lowest BCUT2D eigenvalue weighted by molar-refractivity contribution is 0.911. The van der Waals surface area contributed by atoms with Gasteiger partial charge >= 0.3 is 0 Å². The number of hydrogen-bond donors (Lipinski definition) is 1. The molecule has 0 aromatic heterocycles. The van der Waals surface area contributed by atoms with Crippen LogP contribution in [0.3, 0.4) is 0 Å². The van der Waals surface area contributed by atoms with Crippen LogP contribution in [0.4, 0.5) is 5.69 Å². The van der Waals surface area contributed by atoms with Crippen molar-refractivity contribution in [3.63, 3.8) is 0 Å². The lowest BCUT2D eigenvalue weighted by Crippen LogP contribution is -2.03. The number of hydrogen-bond acceptors (Lipinski definition) is 1. The van der Waals surface area contributed by atoms with E-state index in [4.69, 9.17) is 0 Å². The zero-order valence-electron chi connectivity index (χ0n) is 12.1. The average molecular weight is 330 g/mol. The summed E-state index contributed by atoms with van der Waals surface area (Å²) in [5.74, 6) is 0. The van der Waals surface area contributed by atoms with E-state index in [9.17, 15) is 0 Å². The van der Waals surface area contributed by atoms with Crippen molar-refractivity contribution in [1.82, 2.24) is 0 Å². The summed E-state index contributed by atoms with van der Waals surface area (Å²) in [4.78, 5) is 0. The Kier molecular flexibility index (Phi) is 3.84. The van der Waals surface area contributed by atoms with Gasteiger partial charge < -0.3 is 5.32 Å². The van der Waals surface area contributed by atoms with Gasteiger partial charge in [-0.3, -0.25) is 0 Å². The molecule has 0 fully saturated rings. The van der Waals surface area contributed by atoms with Crippen LogP contribution in [-0.4, -0.2) is 0 Å². The van der Waals surface area contributed by atoms with E-state index in [0.29, 0.717) is 0 Å². The van der Waals surface area contributed by atoms with E-state index in [1.54, 1.807) is 11.1 Å². The van der Waals surface area contributed by atoms with Crippen LogP contribution < -0.4 is 5.32 Å². The fourth-order valence-corrected chi connectivity index (χ4v) is 3.80. The Morgan fingerprint density at radius 3 is 2.45 bits per heavy atom. The summed E-state index contributed by atoms with van der Waals surface area (Å²) >= 11 is 3.55. The van der Waals surface area contributed by atoms with Gasteiger partial charge in [0.15, 0.2) is 0 Å². The van der Waals surface area contributed by atoms with E-state index in [1.165, 1.54) is 41.6 Å². The van der Waals surface area contributed by atoms with E-state index < -0.39 is 0 Å². The molecule has 0 bridgehead atoms. The van der Waals surface area contributed by atoms with Crippen LogP contribution >= 0.6 is 15.9 Å². The van der Waals surface area contributed by atoms with Crippen molar-refractivity contribution in [2.45, 2.75) is 39.7 Å². The zero-order valence-corrected chi connectivity index (χ0v) is 13.7. The van der Waals surface area contributed by atoms with Crippen molar-refractivity contribution >= 4 is 21.6 Å². The van der Waals surface area contributed by atoms with Gasteiger partial charge in [-0.1, -0.05) is 34.1 Å². The first-order valence-electron chi connectivity index (χ1n) is 7.25. The van der Waals surface area contributed by atoms with Gasteiger partial charge in [0.2, 0.25) is 0 Å². The molecule has 1 nitrogen and oxygen atoms in total. The Balaban J connectivity index is 1.77. The minimum Gasteiger partial charge on any atom is -0.381 e. The highest BCUT2D eigenvalue weighted by molar-refractivity contribution is 9.10. The van der Waals surface area contributed by atoms with Crippen LogP contribution in [0.5, 0.6) is 0 Å². The Labute approximate surface area is 129 Å². The molecule has 0 radical (unpaired) electrons. The largest absolute Gasteiger partial charge is 0.381 e. The lowest BCUT2D eigenvalue weighted by Gasteiger charge is -2.14. The minimum absolute atomic E-state index is 0.899. The molecule has 2 aromatic rings. The first-order chi connectivity index (χ1) is 9.63. The number of benzene rings is 2. The molecule has 0 unspecified atom stereocenters. The standard InChI is InChI=1S/C18H20BrN/c1-12-8-17(19)9-13(2)18(12)20-11-14-6-7-15-4-3-5-16(15)10-14/h6-10,20H,3-5,11H2,1-2H3. The number of fused-ring (bicyclic) bond motifs is 1. The van der Waals surface area contributed by atoms with Gasteiger partial charge in [0.1, 0.15) is 0 Å². The van der Waals surface area contributed by atoms with E-state index in [0.717, 1.165) is 11.0 Å². The van der Waals surface area contributed by atoms with Gasteiger partial charge in [0, 0.05) is 16.7 Å². The molecule has 0 saturated heterocycles. The second-order valence-electron chi connectivity index (χ2n) is 5.72. The smallest absolute Gasteiger partial charge is 0.0403 e. The van der Waals surface area contributed by atoms with Crippen LogP contribution in [0.2, 0.25) is 0 Å². The SMILES string of the molecule is Cc1cc(Br)cc(C)c1NCc1ccc2c(c1)CCC2. The van der Waals surface area contributed by atoms with Gasteiger partial charge in [0.05, 0.1) is 0 Å². The molecule has 1 aliphatic carbocycles. The molecule has 2 aromatic carbocycles. The van der Waals surface area contributed by atoms with Gasteiger partial charge in [-0.2, -0.15) is 0 Å². The summed E-state index contributed by atoms with van der Waals surface area (Å²) in [5.41, 5.74) is 8.32. The molecule has 0 atom stereocenters. The Hall–Kier alpha value is -1.28. The fourth-order valence-electron chi connectivity index (χ4n) is 3.12. The van der Waals surface area contributed by atoms with Gasteiger partial charge in [-0.05, 0) is 73.1 Å². The van der Waals surface area contributed by atoms with Crippen molar-refractivity contribution in [3.05, 3.63) is 62.6 Å². The maximum atomic E-state index is 3.60.